The molecular weight excluding hydrogens is 461 g/mol. The Kier molecular flexibility index (Phi) is 17.5. The van der Waals surface area contributed by atoms with Crippen LogP contribution in [0.5, 0.6) is 0 Å². The van der Waals surface area contributed by atoms with Crippen molar-refractivity contribution in [3.8, 4) is 0 Å². The average Bonchev–Trinajstić information content (AvgIpc) is 1.95. The van der Waals surface area contributed by atoms with Crippen molar-refractivity contribution in [1.82, 2.24) is 0 Å². The highest BCUT2D eigenvalue weighted by atomic mass is 28.5. The van der Waals surface area contributed by atoms with Gasteiger partial charge < -0.3 is 32.2 Å². The number of hydrogen-bond acceptors (Lipinski definition) is 7. The fourth-order valence-corrected chi connectivity index (χ4v) is 13.8. The average molecular weight is 511 g/mol. The van der Waals surface area contributed by atoms with E-state index in [9.17, 15) is 0 Å². The van der Waals surface area contributed by atoms with Crippen LogP contribution in [0.4, 0.5) is 0 Å². The highest BCUT2D eigenvalue weighted by Gasteiger charge is 2.30. The van der Waals surface area contributed by atoms with E-state index in [-0.39, 0.29) is 0 Å². The normalized spacial score (nSPS) is 13.3. The second-order valence-corrected chi connectivity index (χ2v) is 34.2. The van der Waals surface area contributed by atoms with Gasteiger partial charge in [0.1, 0.15) is 0 Å². The van der Waals surface area contributed by atoms with Crippen LogP contribution in [0.3, 0.4) is 0 Å². The van der Waals surface area contributed by atoms with E-state index in [1.165, 1.54) is 13.1 Å². The van der Waals surface area contributed by atoms with Gasteiger partial charge in [0.2, 0.25) is 0 Å². The highest BCUT2D eigenvalue weighted by molar-refractivity contribution is 6.83. The molecular formula is C15H50O7Si6. The maximum absolute atomic E-state index is 9.14. The maximum Gasteiger partial charge on any atom is 0.326 e. The first-order valence-electron chi connectivity index (χ1n) is 9.43. The van der Waals surface area contributed by atoms with Crippen molar-refractivity contribution in [3.05, 3.63) is 0 Å². The molecule has 7 nitrogen and oxygen atoms in total. The quantitative estimate of drug-likeness (QED) is 0.367. The summed E-state index contributed by atoms with van der Waals surface area (Å²) in [5.74, 6) is 0. The fraction of sp³-hybridized carbons (Fsp3) is 1.00. The molecule has 0 aliphatic rings. The first-order valence-corrected chi connectivity index (χ1v) is 28.3. The van der Waals surface area contributed by atoms with Crippen LogP contribution in [-0.4, -0.2) is 74.6 Å². The maximum atomic E-state index is 9.14. The summed E-state index contributed by atoms with van der Waals surface area (Å²) in [6.07, 6.45) is 0. The summed E-state index contributed by atoms with van der Waals surface area (Å²) >= 11 is 0. The standard InChI is InChI=1S/C6H18OSi2.C4H14O3Si2.C3H10OSi.C2H8O2Si/c1-8(2,3)7-9(4,5)6;1-8(2,5)7-9(3,4)6;2*1-5(2,3)4/h1-6H3;5-6H,1-4H3;4H,1-3H3;3-4H,1-2H3. The first-order chi connectivity index (χ1) is 11.4. The lowest BCUT2D eigenvalue weighted by atomic mass is 11.8. The van der Waals surface area contributed by atoms with Crippen LogP contribution in [0.25, 0.3) is 0 Å². The van der Waals surface area contributed by atoms with Crippen LogP contribution in [-0.2, 0) is 8.23 Å². The second-order valence-electron chi connectivity index (χ2n) is 11.0. The van der Waals surface area contributed by atoms with Crippen molar-refractivity contribution >= 4 is 50.6 Å². The molecule has 0 bridgehead atoms. The zero-order valence-electron chi connectivity index (χ0n) is 21.1. The van der Waals surface area contributed by atoms with Crippen LogP contribution in [0.15, 0.2) is 0 Å². The molecule has 176 valence electrons. The second kappa shape index (κ2) is 13.4. The number of hydrogen-bond donors (Lipinski definition) is 5. The van der Waals surface area contributed by atoms with Crippen LogP contribution >= 0.6 is 0 Å². The topological polar surface area (TPSA) is 120 Å². The lowest BCUT2D eigenvalue weighted by molar-refractivity contribution is 0.321. The molecule has 0 saturated carbocycles. The predicted octanol–water partition coefficient (Wildman–Crippen LogP) is 3.55. The van der Waals surface area contributed by atoms with Crippen molar-refractivity contribution in [2.75, 3.05) is 0 Å². The molecule has 28 heavy (non-hydrogen) atoms. The minimum Gasteiger partial charge on any atom is -0.456 e. The van der Waals surface area contributed by atoms with Gasteiger partial charge in [0.25, 0.3) is 0 Å². The lowest BCUT2D eigenvalue weighted by Crippen LogP contribution is -2.44. The molecule has 0 radical (unpaired) electrons. The van der Waals surface area contributed by atoms with E-state index < -0.39 is 50.6 Å². The summed E-state index contributed by atoms with van der Waals surface area (Å²) in [5, 5.41) is 0. The molecule has 0 fully saturated rings. The summed E-state index contributed by atoms with van der Waals surface area (Å²) in [4.78, 5) is 43.4. The minimum atomic E-state index is -2.61. The summed E-state index contributed by atoms with van der Waals surface area (Å²) < 4.78 is 10.9. The first kappa shape index (κ1) is 36.4. The zero-order chi connectivity index (χ0) is 24.4. The predicted molar refractivity (Wildman–Crippen MR) is 136 cm³/mol. The molecule has 0 saturated heterocycles. The van der Waals surface area contributed by atoms with Gasteiger partial charge in [-0.25, -0.2) is 0 Å². The number of rotatable bonds is 4. The summed E-state index contributed by atoms with van der Waals surface area (Å²) in [5.41, 5.74) is 0. The Morgan fingerprint density at radius 1 is 0.393 bits per heavy atom. The third-order valence-corrected chi connectivity index (χ3v) is 10.0. The fourth-order valence-electron chi connectivity index (χ4n) is 1.53. The van der Waals surface area contributed by atoms with Gasteiger partial charge in [-0.15, -0.1) is 0 Å². The Morgan fingerprint density at radius 2 is 0.536 bits per heavy atom. The van der Waals surface area contributed by atoms with E-state index >= 15 is 0 Å². The molecule has 0 rings (SSSR count). The van der Waals surface area contributed by atoms with Crippen molar-refractivity contribution in [2.24, 2.45) is 0 Å². The van der Waals surface area contributed by atoms with Gasteiger partial charge in [-0.2, -0.15) is 0 Å². The Balaban J connectivity index is -0.000000143. The van der Waals surface area contributed by atoms with Crippen LogP contribution < -0.4 is 0 Å². The Labute approximate surface area is 180 Å². The molecule has 0 aromatic carbocycles. The van der Waals surface area contributed by atoms with Crippen molar-refractivity contribution in [1.29, 1.82) is 0 Å². The van der Waals surface area contributed by atoms with Crippen molar-refractivity contribution < 1.29 is 32.2 Å². The summed E-state index contributed by atoms with van der Waals surface area (Å²) in [6, 6.07) is 0. The molecule has 0 aromatic rings. The molecule has 0 heterocycles. The molecule has 0 aliphatic heterocycles. The van der Waals surface area contributed by atoms with Gasteiger partial charge >= 0.3 is 25.7 Å². The van der Waals surface area contributed by atoms with Gasteiger partial charge in [0, 0.05) is 0 Å². The van der Waals surface area contributed by atoms with E-state index in [0.717, 1.165) is 0 Å². The minimum absolute atomic E-state index is 1.23. The van der Waals surface area contributed by atoms with E-state index in [2.05, 4.69) is 39.3 Å². The van der Waals surface area contributed by atoms with Crippen molar-refractivity contribution in [3.63, 3.8) is 0 Å². The van der Waals surface area contributed by atoms with Gasteiger partial charge in [0.15, 0.2) is 25.0 Å². The van der Waals surface area contributed by atoms with E-state index in [0.29, 0.717) is 0 Å². The van der Waals surface area contributed by atoms with E-state index in [4.69, 9.17) is 32.2 Å². The Morgan fingerprint density at radius 3 is 0.536 bits per heavy atom. The highest BCUT2D eigenvalue weighted by Crippen LogP contribution is 2.12. The molecule has 0 aliphatic carbocycles. The van der Waals surface area contributed by atoms with Crippen LogP contribution in [0.1, 0.15) is 0 Å². The molecule has 0 atom stereocenters. The smallest absolute Gasteiger partial charge is 0.326 e. The van der Waals surface area contributed by atoms with Crippen LogP contribution in [0, 0.1) is 0 Å². The van der Waals surface area contributed by atoms with Gasteiger partial charge in [-0.3, -0.25) is 0 Å². The molecule has 0 amide bonds. The monoisotopic (exact) mass is 510 g/mol. The lowest BCUT2D eigenvalue weighted by Gasteiger charge is -2.27. The summed E-state index contributed by atoms with van der Waals surface area (Å²) in [7, 11) is -11.6. The third kappa shape index (κ3) is 108. The van der Waals surface area contributed by atoms with E-state index in [1.807, 2.05) is 19.6 Å². The molecule has 0 unspecified atom stereocenters. The van der Waals surface area contributed by atoms with Crippen LogP contribution in [0.2, 0.25) is 98.2 Å². The largest absolute Gasteiger partial charge is 0.456 e. The Hall–Kier alpha value is 1.02. The van der Waals surface area contributed by atoms with Gasteiger partial charge in [0.05, 0.1) is 0 Å². The third-order valence-electron chi connectivity index (χ3n) is 1.11. The Bertz CT molecular complexity index is 309. The molecule has 5 N–H and O–H groups in total. The molecule has 13 heteroatoms. The molecule has 0 spiro atoms. The summed E-state index contributed by atoms with van der Waals surface area (Å²) in [6.45, 7) is 28.5. The van der Waals surface area contributed by atoms with E-state index in [1.54, 1.807) is 26.2 Å². The van der Waals surface area contributed by atoms with Gasteiger partial charge in [-0.1, -0.05) is 0 Å². The van der Waals surface area contributed by atoms with Gasteiger partial charge in [-0.05, 0) is 98.2 Å². The molecule has 0 aromatic heterocycles. The van der Waals surface area contributed by atoms with Crippen molar-refractivity contribution in [2.45, 2.75) is 98.2 Å². The zero-order valence-corrected chi connectivity index (χ0v) is 27.1. The SMILES string of the molecule is C[Si](C)(C)O.C[Si](C)(C)O[Si](C)(C)C.C[Si](C)(O)O.C[Si](C)(O)O[Si](C)(C)O.